The first-order valence-electron chi connectivity index (χ1n) is 9.46. The fourth-order valence-corrected chi connectivity index (χ4v) is 4.53. The van der Waals surface area contributed by atoms with Gasteiger partial charge < -0.3 is 20.0 Å². The van der Waals surface area contributed by atoms with Gasteiger partial charge in [0.15, 0.2) is 0 Å². The van der Waals surface area contributed by atoms with Gasteiger partial charge in [0.1, 0.15) is 0 Å². The lowest BCUT2D eigenvalue weighted by Crippen LogP contribution is -2.50. The maximum absolute atomic E-state index is 13.4. The first-order valence-corrected chi connectivity index (χ1v) is 9.83. The average molecular weight is 381 g/mol. The van der Waals surface area contributed by atoms with Crippen molar-refractivity contribution in [2.75, 3.05) is 46.4 Å². The number of hydrogen-bond acceptors (Lipinski definition) is 4. The van der Waals surface area contributed by atoms with Crippen LogP contribution in [0, 0.1) is 11.8 Å². The van der Waals surface area contributed by atoms with Gasteiger partial charge in [0.2, 0.25) is 5.91 Å². The standard InChI is InChI=1S/C20H29ClN2O3/c1-22(9-10-24)11-15-12-23(13-16(15)14-25)19(26)20(7-2-8-20)17-3-5-18(21)6-4-17/h3-6,15-16,24-25H,2,7-14H2,1H3/t15-,16-/m1/s1. The van der Waals surface area contributed by atoms with Crippen LogP contribution < -0.4 is 0 Å². The molecule has 1 aromatic carbocycles. The molecule has 1 saturated carbocycles. The Hall–Kier alpha value is -1.14. The third-order valence-corrected chi connectivity index (χ3v) is 6.39. The molecule has 26 heavy (non-hydrogen) atoms. The van der Waals surface area contributed by atoms with E-state index in [2.05, 4.69) is 4.90 Å². The molecule has 1 amide bonds. The van der Waals surface area contributed by atoms with E-state index in [0.717, 1.165) is 31.4 Å². The zero-order chi connectivity index (χ0) is 18.7. The number of carbonyl (C=O) groups excluding carboxylic acids is 1. The molecule has 5 nitrogen and oxygen atoms in total. The second-order valence-electron chi connectivity index (χ2n) is 7.84. The van der Waals surface area contributed by atoms with Gasteiger partial charge in [-0.05, 0) is 43.5 Å². The fraction of sp³-hybridized carbons (Fsp3) is 0.650. The zero-order valence-corrected chi connectivity index (χ0v) is 16.2. The average Bonchev–Trinajstić information content (AvgIpc) is 2.98. The van der Waals surface area contributed by atoms with Crippen LogP contribution in [0.5, 0.6) is 0 Å². The summed E-state index contributed by atoms with van der Waals surface area (Å²) in [7, 11) is 1.97. The summed E-state index contributed by atoms with van der Waals surface area (Å²) in [4.78, 5) is 17.4. The Kier molecular flexibility index (Phi) is 6.23. The van der Waals surface area contributed by atoms with Crippen LogP contribution in [0.2, 0.25) is 5.02 Å². The number of amides is 1. The highest BCUT2D eigenvalue weighted by molar-refractivity contribution is 6.30. The number of hydrogen-bond donors (Lipinski definition) is 2. The number of rotatable bonds is 7. The second kappa shape index (κ2) is 8.26. The first kappa shape index (κ1) is 19.6. The van der Waals surface area contributed by atoms with E-state index in [4.69, 9.17) is 16.7 Å². The number of likely N-dealkylation sites (N-methyl/N-ethyl adjacent to an activating group) is 1. The number of benzene rings is 1. The fourth-order valence-electron chi connectivity index (χ4n) is 4.41. The van der Waals surface area contributed by atoms with Crippen molar-refractivity contribution in [3.05, 3.63) is 34.9 Å². The summed E-state index contributed by atoms with van der Waals surface area (Å²) >= 11 is 6.02. The van der Waals surface area contributed by atoms with Crippen LogP contribution in [0.3, 0.4) is 0 Å². The van der Waals surface area contributed by atoms with Crippen molar-refractivity contribution in [2.24, 2.45) is 11.8 Å². The summed E-state index contributed by atoms with van der Waals surface area (Å²) in [5.74, 6) is 0.530. The van der Waals surface area contributed by atoms with Crippen molar-refractivity contribution < 1.29 is 15.0 Å². The maximum atomic E-state index is 13.4. The van der Waals surface area contributed by atoms with Gasteiger partial charge in [0, 0.05) is 43.7 Å². The lowest BCUT2D eigenvalue weighted by Gasteiger charge is -2.43. The minimum Gasteiger partial charge on any atom is -0.396 e. The van der Waals surface area contributed by atoms with Crippen LogP contribution in [0.4, 0.5) is 0 Å². The summed E-state index contributed by atoms with van der Waals surface area (Å²) in [6.07, 6.45) is 2.82. The number of nitrogens with zero attached hydrogens (tertiary/aromatic N) is 2. The van der Waals surface area contributed by atoms with Crippen LogP contribution in [-0.2, 0) is 10.2 Å². The van der Waals surface area contributed by atoms with Crippen molar-refractivity contribution in [1.29, 1.82) is 0 Å². The normalized spacial score (nSPS) is 24.7. The second-order valence-corrected chi connectivity index (χ2v) is 8.28. The van der Waals surface area contributed by atoms with Gasteiger partial charge in [0.05, 0.1) is 12.0 Å². The lowest BCUT2D eigenvalue weighted by atomic mass is 9.63. The number of likely N-dealkylation sites (tertiary alicyclic amines) is 1. The highest BCUT2D eigenvalue weighted by atomic mass is 35.5. The topological polar surface area (TPSA) is 64.0 Å². The molecule has 2 fully saturated rings. The van der Waals surface area contributed by atoms with Crippen LogP contribution in [-0.4, -0.2) is 72.4 Å². The van der Waals surface area contributed by atoms with Crippen molar-refractivity contribution in [3.63, 3.8) is 0 Å². The highest BCUT2D eigenvalue weighted by Crippen LogP contribution is 2.46. The molecule has 0 aromatic heterocycles. The van der Waals surface area contributed by atoms with Crippen LogP contribution in [0.15, 0.2) is 24.3 Å². The molecule has 1 saturated heterocycles. The molecule has 0 bridgehead atoms. The van der Waals surface area contributed by atoms with Crippen LogP contribution in [0.1, 0.15) is 24.8 Å². The largest absolute Gasteiger partial charge is 0.396 e. The van der Waals surface area contributed by atoms with Gasteiger partial charge in [-0.2, -0.15) is 0 Å². The van der Waals surface area contributed by atoms with Gasteiger partial charge in [-0.25, -0.2) is 0 Å². The van der Waals surface area contributed by atoms with Crippen LogP contribution >= 0.6 is 11.6 Å². The zero-order valence-electron chi connectivity index (χ0n) is 15.4. The summed E-state index contributed by atoms with van der Waals surface area (Å²) in [6.45, 7) is 2.89. The van der Waals surface area contributed by atoms with Gasteiger partial charge in [-0.3, -0.25) is 4.79 Å². The highest BCUT2D eigenvalue weighted by Gasteiger charge is 2.49. The number of aliphatic hydroxyl groups is 2. The molecule has 1 heterocycles. The molecule has 144 valence electrons. The minimum absolute atomic E-state index is 0.0926. The number of aliphatic hydroxyl groups excluding tert-OH is 2. The Morgan fingerprint density at radius 2 is 1.88 bits per heavy atom. The summed E-state index contributed by atoms with van der Waals surface area (Å²) in [5, 5.41) is 19.6. The molecule has 3 rings (SSSR count). The number of halogens is 1. The molecule has 0 spiro atoms. The molecule has 2 atom stereocenters. The van der Waals surface area contributed by atoms with E-state index in [0.29, 0.717) is 24.7 Å². The predicted octanol–water partition coefficient (Wildman–Crippen LogP) is 1.75. The molecule has 2 aliphatic rings. The Labute approximate surface area is 160 Å². The van der Waals surface area contributed by atoms with Crippen molar-refractivity contribution in [3.8, 4) is 0 Å². The third kappa shape index (κ3) is 3.77. The Morgan fingerprint density at radius 1 is 1.23 bits per heavy atom. The third-order valence-electron chi connectivity index (χ3n) is 6.14. The van der Waals surface area contributed by atoms with Gasteiger partial charge in [-0.1, -0.05) is 30.2 Å². The van der Waals surface area contributed by atoms with Gasteiger partial charge >= 0.3 is 0 Å². The van der Waals surface area contributed by atoms with E-state index in [1.807, 2.05) is 36.2 Å². The Balaban J connectivity index is 1.73. The van der Waals surface area contributed by atoms with E-state index < -0.39 is 5.41 Å². The molecule has 1 aromatic rings. The molecular formula is C20H29ClN2O3. The quantitative estimate of drug-likeness (QED) is 0.756. The molecule has 6 heteroatoms. The summed E-state index contributed by atoms with van der Waals surface area (Å²) in [5.41, 5.74) is 0.635. The van der Waals surface area contributed by atoms with E-state index in [1.54, 1.807) is 0 Å². The van der Waals surface area contributed by atoms with E-state index in [9.17, 15) is 9.90 Å². The monoisotopic (exact) mass is 380 g/mol. The van der Waals surface area contributed by atoms with E-state index >= 15 is 0 Å². The molecule has 1 aliphatic carbocycles. The number of carbonyl (C=O) groups is 1. The predicted molar refractivity (Wildman–Crippen MR) is 102 cm³/mol. The summed E-state index contributed by atoms with van der Waals surface area (Å²) in [6, 6.07) is 7.67. The molecule has 2 N–H and O–H groups in total. The van der Waals surface area contributed by atoms with Gasteiger partial charge in [0.25, 0.3) is 0 Å². The Bertz CT molecular complexity index is 618. The van der Waals surface area contributed by atoms with Crippen molar-refractivity contribution in [1.82, 2.24) is 9.80 Å². The molecular weight excluding hydrogens is 352 g/mol. The van der Waals surface area contributed by atoms with Gasteiger partial charge in [-0.15, -0.1) is 0 Å². The summed E-state index contributed by atoms with van der Waals surface area (Å²) < 4.78 is 0. The smallest absolute Gasteiger partial charge is 0.233 e. The maximum Gasteiger partial charge on any atom is 0.233 e. The lowest BCUT2D eigenvalue weighted by molar-refractivity contribution is -0.140. The van der Waals surface area contributed by atoms with Crippen molar-refractivity contribution in [2.45, 2.75) is 24.7 Å². The molecule has 1 aliphatic heterocycles. The van der Waals surface area contributed by atoms with Crippen molar-refractivity contribution >= 4 is 17.5 Å². The first-order chi connectivity index (χ1) is 12.5. The SMILES string of the molecule is CN(CCO)C[C@@H]1CN(C(=O)C2(c3ccc(Cl)cc3)CCC2)C[C@@H]1CO. The van der Waals surface area contributed by atoms with E-state index in [-0.39, 0.29) is 31.0 Å². The van der Waals surface area contributed by atoms with E-state index in [1.165, 1.54) is 0 Å². The minimum atomic E-state index is -0.420. The molecule has 0 radical (unpaired) electrons. The molecule has 0 unspecified atom stereocenters. The Morgan fingerprint density at radius 3 is 2.42 bits per heavy atom. The van der Waals surface area contributed by atoms with Crippen LogP contribution in [0.25, 0.3) is 0 Å².